The highest BCUT2D eigenvalue weighted by atomic mass is 16.5. The quantitative estimate of drug-likeness (QED) is 0.257. The maximum absolute atomic E-state index is 10.5. The van der Waals surface area contributed by atoms with Crippen molar-refractivity contribution < 1.29 is 14.6 Å². The Morgan fingerprint density at radius 2 is 1.68 bits per heavy atom. The van der Waals surface area contributed by atoms with E-state index in [1.807, 2.05) is 25.2 Å². The van der Waals surface area contributed by atoms with E-state index in [-0.39, 0.29) is 6.61 Å². The van der Waals surface area contributed by atoms with Crippen molar-refractivity contribution in [2.24, 2.45) is 0 Å². The van der Waals surface area contributed by atoms with Crippen LogP contribution >= 0.6 is 0 Å². The molecule has 0 amide bonds. The molecule has 0 atom stereocenters. The van der Waals surface area contributed by atoms with Crippen LogP contribution in [0.5, 0.6) is 0 Å². The summed E-state index contributed by atoms with van der Waals surface area (Å²) in [5.41, 5.74) is 0. The standard InChI is InChI=1S/C19H32O3/c1-3-5-7-8-9-10-11-12-13-14-16-18(15-6-4-2)22-17-19(20)21/h4,6,14-16H,3,5,7-13,17H2,1-2H3,(H,20,21). The van der Waals surface area contributed by atoms with Gasteiger partial charge in [-0.2, -0.15) is 0 Å². The third kappa shape index (κ3) is 14.9. The van der Waals surface area contributed by atoms with Crippen LogP contribution in [0.3, 0.4) is 0 Å². The molecule has 0 aliphatic heterocycles. The van der Waals surface area contributed by atoms with Crippen LogP contribution < -0.4 is 0 Å². The summed E-state index contributed by atoms with van der Waals surface area (Å²) in [6.45, 7) is 3.85. The molecule has 0 aromatic heterocycles. The number of unbranched alkanes of at least 4 members (excludes halogenated alkanes) is 8. The molecule has 0 radical (unpaired) electrons. The first-order valence-electron chi connectivity index (χ1n) is 8.54. The summed E-state index contributed by atoms with van der Waals surface area (Å²) in [5, 5.41) is 8.64. The van der Waals surface area contributed by atoms with Crippen molar-refractivity contribution >= 4 is 5.97 Å². The molecule has 0 aromatic carbocycles. The number of aliphatic carboxylic acids is 1. The van der Waals surface area contributed by atoms with Crippen molar-refractivity contribution in [3.63, 3.8) is 0 Å². The Balaban J connectivity index is 3.78. The number of hydrogen-bond acceptors (Lipinski definition) is 2. The molecule has 0 unspecified atom stereocenters. The predicted octanol–water partition coefficient (Wildman–Crippen LogP) is 5.63. The Kier molecular flexibility index (Phi) is 14.8. The molecule has 0 aromatic rings. The topological polar surface area (TPSA) is 46.5 Å². The Hall–Kier alpha value is -1.51. The minimum Gasteiger partial charge on any atom is -0.482 e. The summed E-state index contributed by atoms with van der Waals surface area (Å²) in [5.74, 6) is -0.358. The van der Waals surface area contributed by atoms with Gasteiger partial charge in [-0.05, 0) is 31.9 Å². The van der Waals surface area contributed by atoms with E-state index in [0.29, 0.717) is 5.76 Å². The molecule has 0 aliphatic rings. The van der Waals surface area contributed by atoms with Gasteiger partial charge in [-0.15, -0.1) is 0 Å². The highest BCUT2D eigenvalue weighted by Gasteiger charge is 1.98. The van der Waals surface area contributed by atoms with Crippen molar-refractivity contribution in [2.45, 2.75) is 71.6 Å². The molecule has 1 N–H and O–H groups in total. The second-order valence-electron chi connectivity index (χ2n) is 5.44. The van der Waals surface area contributed by atoms with Crippen LogP contribution in [0.4, 0.5) is 0 Å². The van der Waals surface area contributed by atoms with E-state index in [0.717, 1.165) is 6.42 Å². The number of allylic oxidation sites excluding steroid dienone is 5. The van der Waals surface area contributed by atoms with Crippen LogP contribution in [0.1, 0.15) is 71.6 Å². The molecule has 0 aliphatic carbocycles. The van der Waals surface area contributed by atoms with Crippen LogP contribution in [0.2, 0.25) is 0 Å². The van der Waals surface area contributed by atoms with Gasteiger partial charge in [-0.25, -0.2) is 4.79 Å². The summed E-state index contributed by atoms with van der Waals surface area (Å²) in [7, 11) is 0. The number of rotatable bonds is 14. The molecular formula is C19H32O3. The van der Waals surface area contributed by atoms with Gasteiger partial charge in [0, 0.05) is 0 Å². The smallest absolute Gasteiger partial charge is 0.341 e. The molecule has 3 heteroatoms. The SMILES string of the molecule is CC=CC=C(C=CCCCCCCCCCC)OCC(=O)O. The summed E-state index contributed by atoms with van der Waals surface area (Å²) in [4.78, 5) is 10.5. The fraction of sp³-hybridized carbons (Fsp3) is 0.632. The zero-order valence-electron chi connectivity index (χ0n) is 14.2. The average molecular weight is 308 g/mol. The number of hydrogen-bond donors (Lipinski definition) is 1. The lowest BCUT2D eigenvalue weighted by atomic mass is 10.1. The summed E-state index contributed by atoms with van der Waals surface area (Å²) in [6, 6.07) is 0. The van der Waals surface area contributed by atoms with Gasteiger partial charge in [0.1, 0.15) is 5.76 Å². The first-order valence-corrected chi connectivity index (χ1v) is 8.54. The minimum atomic E-state index is -0.956. The zero-order valence-corrected chi connectivity index (χ0v) is 14.2. The second-order valence-corrected chi connectivity index (χ2v) is 5.44. The van der Waals surface area contributed by atoms with Crippen LogP contribution in [0.25, 0.3) is 0 Å². The minimum absolute atomic E-state index is 0.300. The van der Waals surface area contributed by atoms with Crippen molar-refractivity contribution in [1.29, 1.82) is 0 Å². The molecular weight excluding hydrogens is 276 g/mol. The monoisotopic (exact) mass is 308 g/mol. The van der Waals surface area contributed by atoms with Crippen molar-refractivity contribution in [1.82, 2.24) is 0 Å². The van der Waals surface area contributed by atoms with Gasteiger partial charge < -0.3 is 9.84 Å². The van der Waals surface area contributed by atoms with Gasteiger partial charge in [0.2, 0.25) is 0 Å². The fourth-order valence-corrected chi connectivity index (χ4v) is 2.08. The first kappa shape index (κ1) is 20.5. The molecule has 0 fully saturated rings. The zero-order chi connectivity index (χ0) is 16.5. The maximum Gasteiger partial charge on any atom is 0.341 e. The maximum atomic E-state index is 10.5. The van der Waals surface area contributed by atoms with Crippen molar-refractivity contribution in [2.75, 3.05) is 6.61 Å². The van der Waals surface area contributed by atoms with Crippen LogP contribution in [0.15, 0.2) is 36.1 Å². The van der Waals surface area contributed by atoms with E-state index >= 15 is 0 Å². The second kappa shape index (κ2) is 15.9. The molecule has 0 saturated heterocycles. The van der Waals surface area contributed by atoms with E-state index in [4.69, 9.17) is 9.84 Å². The fourth-order valence-electron chi connectivity index (χ4n) is 2.08. The lowest BCUT2D eigenvalue weighted by molar-refractivity contribution is -0.140. The van der Waals surface area contributed by atoms with E-state index in [1.165, 1.54) is 51.4 Å². The van der Waals surface area contributed by atoms with Crippen LogP contribution in [0, 0.1) is 0 Å². The van der Waals surface area contributed by atoms with E-state index in [2.05, 4.69) is 13.0 Å². The summed E-state index contributed by atoms with van der Waals surface area (Å²) >= 11 is 0. The Morgan fingerprint density at radius 1 is 1.05 bits per heavy atom. The predicted molar refractivity (Wildman–Crippen MR) is 92.9 cm³/mol. The summed E-state index contributed by atoms with van der Waals surface area (Å²) < 4.78 is 5.21. The first-order chi connectivity index (χ1) is 10.7. The third-order valence-corrected chi connectivity index (χ3v) is 3.32. The molecule has 3 nitrogen and oxygen atoms in total. The van der Waals surface area contributed by atoms with Gasteiger partial charge in [0.25, 0.3) is 0 Å². The van der Waals surface area contributed by atoms with Gasteiger partial charge >= 0.3 is 5.97 Å². The van der Waals surface area contributed by atoms with Gasteiger partial charge in [-0.3, -0.25) is 0 Å². The molecule has 0 bridgehead atoms. The normalized spacial score (nSPS) is 12.4. The number of carboxylic acid groups (broad SMARTS) is 1. The van der Waals surface area contributed by atoms with Crippen molar-refractivity contribution in [3.05, 3.63) is 36.1 Å². The van der Waals surface area contributed by atoms with E-state index in [9.17, 15) is 4.79 Å². The Morgan fingerprint density at radius 3 is 2.27 bits per heavy atom. The lowest BCUT2D eigenvalue weighted by Crippen LogP contribution is -2.05. The van der Waals surface area contributed by atoms with Crippen molar-refractivity contribution in [3.8, 4) is 0 Å². The van der Waals surface area contributed by atoms with Crippen LogP contribution in [-0.4, -0.2) is 17.7 Å². The molecule has 0 heterocycles. The highest BCUT2D eigenvalue weighted by molar-refractivity contribution is 5.68. The van der Waals surface area contributed by atoms with Gasteiger partial charge in [-0.1, -0.05) is 70.1 Å². The average Bonchev–Trinajstić information content (AvgIpc) is 2.50. The van der Waals surface area contributed by atoms with E-state index in [1.54, 1.807) is 6.08 Å². The molecule has 0 spiro atoms. The Bertz CT molecular complexity index is 354. The van der Waals surface area contributed by atoms with Gasteiger partial charge in [0.15, 0.2) is 6.61 Å². The third-order valence-electron chi connectivity index (χ3n) is 3.32. The summed E-state index contributed by atoms with van der Waals surface area (Å²) in [6.07, 6.45) is 21.0. The number of ether oxygens (including phenoxy) is 1. The van der Waals surface area contributed by atoms with Gasteiger partial charge in [0.05, 0.1) is 0 Å². The molecule has 0 saturated carbocycles. The number of carbonyl (C=O) groups is 1. The highest BCUT2D eigenvalue weighted by Crippen LogP contribution is 2.10. The Labute approximate surface area is 135 Å². The molecule has 126 valence electrons. The lowest BCUT2D eigenvalue weighted by Gasteiger charge is -2.03. The van der Waals surface area contributed by atoms with Crippen LogP contribution in [-0.2, 0) is 9.53 Å². The largest absolute Gasteiger partial charge is 0.482 e. The molecule has 0 rings (SSSR count). The number of carboxylic acids is 1. The molecule has 22 heavy (non-hydrogen) atoms. The van der Waals surface area contributed by atoms with E-state index < -0.39 is 5.97 Å².